The summed E-state index contributed by atoms with van der Waals surface area (Å²) >= 11 is 0. The van der Waals surface area contributed by atoms with Crippen molar-refractivity contribution in [2.24, 2.45) is 5.92 Å². The second-order valence-corrected chi connectivity index (χ2v) is 7.92. The Labute approximate surface area is 165 Å². The predicted octanol–water partition coefficient (Wildman–Crippen LogP) is 3.65. The lowest BCUT2D eigenvalue weighted by molar-refractivity contribution is -0.141. The van der Waals surface area contributed by atoms with Crippen molar-refractivity contribution in [2.75, 3.05) is 13.7 Å². The molecule has 1 unspecified atom stereocenters. The highest BCUT2D eigenvalue weighted by Gasteiger charge is 2.39. The third kappa shape index (κ3) is 3.74. The Morgan fingerprint density at radius 1 is 1.39 bits per heavy atom. The van der Waals surface area contributed by atoms with Crippen LogP contribution in [-0.2, 0) is 16.0 Å². The van der Waals surface area contributed by atoms with E-state index >= 15 is 0 Å². The van der Waals surface area contributed by atoms with Gasteiger partial charge in [0.2, 0.25) is 5.76 Å². The van der Waals surface area contributed by atoms with Gasteiger partial charge in [-0.25, -0.2) is 4.79 Å². The molecule has 1 aromatic carbocycles. The molecular weight excluding hydrogens is 360 g/mol. The fourth-order valence-corrected chi connectivity index (χ4v) is 3.46. The maximum absolute atomic E-state index is 12.3. The third-order valence-electron chi connectivity index (χ3n) is 4.74. The zero-order chi connectivity index (χ0) is 20.6. The van der Waals surface area contributed by atoms with E-state index < -0.39 is 17.7 Å². The van der Waals surface area contributed by atoms with Gasteiger partial charge in [-0.05, 0) is 38.3 Å². The first kappa shape index (κ1) is 20.3. The first-order valence-corrected chi connectivity index (χ1v) is 9.57. The molecule has 1 aromatic rings. The summed E-state index contributed by atoms with van der Waals surface area (Å²) < 4.78 is 22.7. The van der Waals surface area contributed by atoms with E-state index in [0.717, 1.165) is 16.7 Å². The number of fused-ring (bicyclic) bond motifs is 2. The van der Waals surface area contributed by atoms with Crippen LogP contribution in [0.3, 0.4) is 0 Å². The summed E-state index contributed by atoms with van der Waals surface area (Å²) in [5, 5.41) is 10.4. The summed E-state index contributed by atoms with van der Waals surface area (Å²) in [6, 6.07) is 1.76. The number of hydrogen-bond donors (Lipinski definition) is 1. The van der Waals surface area contributed by atoms with Crippen LogP contribution in [0.25, 0.3) is 5.57 Å². The number of ether oxygens (including phenoxy) is 4. The van der Waals surface area contributed by atoms with Crippen molar-refractivity contribution < 1.29 is 28.8 Å². The Hall–Kier alpha value is -2.47. The minimum Gasteiger partial charge on any atom is -0.496 e. The second kappa shape index (κ2) is 7.51. The van der Waals surface area contributed by atoms with Gasteiger partial charge >= 0.3 is 5.97 Å². The van der Waals surface area contributed by atoms with Gasteiger partial charge in [-0.2, -0.15) is 0 Å². The molecule has 3 rings (SSSR count). The maximum Gasteiger partial charge on any atom is 0.374 e. The Balaban J connectivity index is 2.13. The predicted molar refractivity (Wildman–Crippen MR) is 106 cm³/mol. The lowest BCUT2D eigenvalue weighted by Gasteiger charge is -2.24. The Morgan fingerprint density at radius 3 is 2.68 bits per heavy atom. The number of aliphatic hydroxyl groups is 1. The number of carbonyl (C=O) groups is 1. The van der Waals surface area contributed by atoms with E-state index in [9.17, 15) is 9.90 Å². The molecule has 0 saturated carbocycles. The molecule has 6 nitrogen and oxygen atoms in total. The second-order valence-electron chi connectivity index (χ2n) is 7.92. The van der Waals surface area contributed by atoms with Crippen molar-refractivity contribution in [3.8, 4) is 17.2 Å². The summed E-state index contributed by atoms with van der Waals surface area (Å²) in [5.74, 6) is 1.57. The Morgan fingerprint density at radius 2 is 2.11 bits per heavy atom. The van der Waals surface area contributed by atoms with Gasteiger partial charge in [0.05, 0.1) is 24.9 Å². The van der Waals surface area contributed by atoms with Crippen molar-refractivity contribution in [3.63, 3.8) is 0 Å². The molecule has 0 saturated heterocycles. The average Bonchev–Trinajstić information content (AvgIpc) is 3.03. The van der Waals surface area contributed by atoms with E-state index in [2.05, 4.69) is 19.9 Å². The molecule has 2 aliphatic rings. The van der Waals surface area contributed by atoms with E-state index in [1.54, 1.807) is 40.0 Å². The number of rotatable bonds is 5. The minimum absolute atomic E-state index is 0.125. The van der Waals surface area contributed by atoms with E-state index in [0.29, 0.717) is 23.7 Å². The summed E-state index contributed by atoms with van der Waals surface area (Å²) in [6.07, 6.45) is 3.88. The molecule has 152 valence electrons. The van der Waals surface area contributed by atoms with Crippen LogP contribution in [0.5, 0.6) is 17.2 Å². The molecule has 28 heavy (non-hydrogen) atoms. The van der Waals surface area contributed by atoms with E-state index in [1.165, 1.54) is 0 Å². The van der Waals surface area contributed by atoms with Gasteiger partial charge in [-0.3, -0.25) is 0 Å². The molecule has 1 N–H and O–H groups in total. The molecule has 0 aromatic heterocycles. The van der Waals surface area contributed by atoms with Crippen LogP contribution in [0.15, 0.2) is 24.0 Å². The summed E-state index contributed by atoms with van der Waals surface area (Å²) in [6.45, 7) is 9.58. The molecular formula is C22H28O6. The first-order valence-electron chi connectivity index (χ1n) is 9.57. The molecule has 6 heteroatoms. The number of allylic oxidation sites excluding steroid dienone is 3. The Bertz CT molecular complexity index is 842. The molecule has 2 aliphatic heterocycles. The van der Waals surface area contributed by atoms with Crippen LogP contribution in [0.2, 0.25) is 0 Å². The topological polar surface area (TPSA) is 74.2 Å². The average molecular weight is 388 g/mol. The molecule has 0 bridgehead atoms. The third-order valence-corrected chi connectivity index (χ3v) is 4.74. The van der Waals surface area contributed by atoms with Gasteiger partial charge in [0.1, 0.15) is 23.4 Å². The standard InChI is InChI=1S/C22H28O6/c1-7-26-21(23)17-9-13(8-12(2)3)19-16(27-17)11-15-14(20(19)25-6)10-18(28-15)22(4,5)24/h8-9,11-12,18,24H,7,10H2,1-6H3. The van der Waals surface area contributed by atoms with Crippen molar-refractivity contribution in [3.05, 3.63) is 35.1 Å². The largest absolute Gasteiger partial charge is 0.496 e. The summed E-state index contributed by atoms with van der Waals surface area (Å²) in [7, 11) is 1.60. The molecule has 0 fully saturated rings. The highest BCUT2D eigenvalue weighted by Crippen LogP contribution is 2.50. The quantitative estimate of drug-likeness (QED) is 0.776. The van der Waals surface area contributed by atoms with Gasteiger partial charge in [0, 0.05) is 18.1 Å². The molecule has 2 heterocycles. The lowest BCUT2D eigenvalue weighted by Crippen LogP contribution is -2.39. The number of esters is 1. The van der Waals surface area contributed by atoms with Crippen molar-refractivity contribution >= 4 is 11.5 Å². The SMILES string of the molecule is CCOC(=O)C1=CC(=CC(C)C)c2c(cc3c(c2OC)CC(C(C)(C)O)O3)O1. The normalized spacial score (nSPS) is 19.5. The van der Waals surface area contributed by atoms with Gasteiger partial charge in [-0.15, -0.1) is 0 Å². The number of carbonyl (C=O) groups excluding carboxylic acids is 1. The number of benzene rings is 1. The fourth-order valence-electron chi connectivity index (χ4n) is 3.46. The molecule has 0 spiro atoms. The van der Waals surface area contributed by atoms with Crippen LogP contribution in [0.4, 0.5) is 0 Å². The van der Waals surface area contributed by atoms with Crippen molar-refractivity contribution in [1.82, 2.24) is 0 Å². The van der Waals surface area contributed by atoms with Crippen molar-refractivity contribution in [1.29, 1.82) is 0 Å². The summed E-state index contributed by atoms with van der Waals surface area (Å²) in [4.78, 5) is 12.3. The highest BCUT2D eigenvalue weighted by atomic mass is 16.6. The number of hydrogen-bond acceptors (Lipinski definition) is 6. The van der Waals surface area contributed by atoms with Gasteiger partial charge in [0.25, 0.3) is 0 Å². The zero-order valence-electron chi connectivity index (χ0n) is 17.3. The maximum atomic E-state index is 12.3. The van der Waals surface area contributed by atoms with Gasteiger partial charge in [0.15, 0.2) is 0 Å². The lowest BCUT2D eigenvalue weighted by atomic mass is 9.91. The zero-order valence-corrected chi connectivity index (χ0v) is 17.3. The van der Waals surface area contributed by atoms with Gasteiger partial charge in [-0.1, -0.05) is 19.9 Å². The minimum atomic E-state index is -1.00. The fraction of sp³-hybridized carbons (Fsp3) is 0.500. The van der Waals surface area contributed by atoms with E-state index in [-0.39, 0.29) is 18.3 Å². The van der Waals surface area contributed by atoms with Crippen LogP contribution in [0, 0.1) is 5.92 Å². The van der Waals surface area contributed by atoms with Crippen molar-refractivity contribution in [2.45, 2.75) is 52.7 Å². The smallest absolute Gasteiger partial charge is 0.374 e. The van der Waals surface area contributed by atoms with Gasteiger partial charge < -0.3 is 24.1 Å². The molecule has 0 radical (unpaired) electrons. The molecule has 0 amide bonds. The first-order chi connectivity index (χ1) is 13.2. The highest BCUT2D eigenvalue weighted by molar-refractivity contribution is 5.95. The van der Waals surface area contributed by atoms with Crippen LogP contribution in [-0.4, -0.2) is 36.5 Å². The van der Waals surface area contributed by atoms with E-state index in [4.69, 9.17) is 18.9 Å². The van der Waals surface area contributed by atoms with E-state index in [1.807, 2.05) is 0 Å². The molecule has 0 aliphatic carbocycles. The summed E-state index contributed by atoms with van der Waals surface area (Å²) in [5.41, 5.74) is 1.50. The van der Waals surface area contributed by atoms with Crippen LogP contribution in [0.1, 0.15) is 45.7 Å². The number of methoxy groups -OCH3 is 1. The monoisotopic (exact) mass is 388 g/mol. The van der Waals surface area contributed by atoms with Crippen LogP contribution < -0.4 is 14.2 Å². The molecule has 1 atom stereocenters. The Kier molecular flexibility index (Phi) is 5.44. The van der Waals surface area contributed by atoms with Crippen LogP contribution >= 0.6 is 0 Å².